The number of carbonyl (C=O) groups is 1. The summed E-state index contributed by atoms with van der Waals surface area (Å²) in [5.41, 5.74) is 1.88. The van der Waals surface area contributed by atoms with Gasteiger partial charge >= 0.3 is 0 Å². The first-order chi connectivity index (χ1) is 13.8. The molecule has 0 aliphatic heterocycles. The molecule has 0 saturated heterocycles. The third-order valence-corrected chi connectivity index (χ3v) is 6.33. The zero-order valence-corrected chi connectivity index (χ0v) is 16.9. The molecule has 29 heavy (non-hydrogen) atoms. The minimum absolute atomic E-state index is 0.0710. The van der Waals surface area contributed by atoms with Crippen molar-refractivity contribution < 1.29 is 17.6 Å². The second-order valence-electron chi connectivity index (χ2n) is 6.46. The lowest BCUT2D eigenvalue weighted by Crippen LogP contribution is -2.27. The van der Waals surface area contributed by atoms with Crippen LogP contribution in [-0.2, 0) is 16.4 Å². The number of benzene rings is 3. The number of hydrogen-bond donors (Lipinski definition) is 1. The monoisotopic (exact) mass is 412 g/mol. The first-order valence-corrected chi connectivity index (χ1v) is 10.5. The van der Waals surface area contributed by atoms with Crippen molar-refractivity contribution in [3.63, 3.8) is 0 Å². The molecule has 0 radical (unpaired) electrons. The van der Waals surface area contributed by atoms with Gasteiger partial charge in [0.2, 0.25) is 0 Å². The van der Waals surface area contributed by atoms with E-state index in [0.717, 1.165) is 16.3 Å². The third kappa shape index (κ3) is 4.46. The van der Waals surface area contributed by atoms with Gasteiger partial charge in [-0.15, -0.1) is 0 Å². The van der Waals surface area contributed by atoms with Crippen molar-refractivity contribution in [2.45, 2.75) is 18.2 Å². The molecule has 0 unspecified atom stereocenters. The number of nitrogens with zero attached hydrogens (tertiary/aromatic N) is 1. The summed E-state index contributed by atoms with van der Waals surface area (Å²) in [6.07, 6.45) is 0.893. The summed E-state index contributed by atoms with van der Waals surface area (Å²) in [5.74, 6) is -1.08. The Bertz CT molecular complexity index is 1130. The highest BCUT2D eigenvalue weighted by Crippen LogP contribution is 2.25. The third-order valence-electron chi connectivity index (χ3n) is 4.57. The van der Waals surface area contributed by atoms with Crippen molar-refractivity contribution in [3.05, 3.63) is 89.7 Å². The van der Waals surface area contributed by atoms with Crippen LogP contribution in [0.2, 0.25) is 0 Å². The second-order valence-corrected chi connectivity index (χ2v) is 8.43. The van der Waals surface area contributed by atoms with Gasteiger partial charge in [-0.3, -0.25) is 9.10 Å². The Morgan fingerprint density at radius 1 is 1.00 bits per heavy atom. The van der Waals surface area contributed by atoms with Gasteiger partial charge in [0.1, 0.15) is 5.82 Å². The summed E-state index contributed by atoms with van der Waals surface area (Å²) in [7, 11) is -2.77. The van der Waals surface area contributed by atoms with Crippen LogP contribution in [0.25, 0.3) is 0 Å². The number of amides is 1. The molecule has 0 atom stereocenters. The van der Waals surface area contributed by atoms with E-state index in [-0.39, 0.29) is 16.1 Å². The average Bonchev–Trinajstić information content (AvgIpc) is 2.74. The van der Waals surface area contributed by atoms with Crippen LogP contribution in [0.15, 0.2) is 77.7 Å². The summed E-state index contributed by atoms with van der Waals surface area (Å²) in [6.45, 7) is 2.04. The summed E-state index contributed by atoms with van der Waals surface area (Å²) in [4.78, 5) is 12.5. The molecule has 0 aromatic heterocycles. The van der Waals surface area contributed by atoms with Crippen molar-refractivity contribution in [2.24, 2.45) is 0 Å². The molecular formula is C22H21FN2O3S. The molecule has 1 amide bonds. The fourth-order valence-corrected chi connectivity index (χ4v) is 4.07. The van der Waals surface area contributed by atoms with Crippen LogP contribution in [0.3, 0.4) is 0 Å². The van der Waals surface area contributed by atoms with Crippen molar-refractivity contribution in [2.75, 3.05) is 16.7 Å². The van der Waals surface area contributed by atoms with Gasteiger partial charge in [0.05, 0.1) is 10.6 Å². The summed E-state index contributed by atoms with van der Waals surface area (Å²) in [6, 6.07) is 18.7. The predicted octanol–water partition coefficient (Wildman–Crippen LogP) is 4.47. The Morgan fingerprint density at radius 3 is 2.34 bits per heavy atom. The van der Waals surface area contributed by atoms with Crippen LogP contribution in [0.1, 0.15) is 22.8 Å². The number of rotatable bonds is 6. The van der Waals surface area contributed by atoms with Crippen LogP contribution in [0.5, 0.6) is 0 Å². The van der Waals surface area contributed by atoms with Gasteiger partial charge in [0.25, 0.3) is 15.9 Å². The van der Waals surface area contributed by atoms with Crippen LogP contribution in [0, 0.1) is 5.82 Å². The number of para-hydroxylation sites is 1. The smallest absolute Gasteiger partial charge is 0.264 e. The molecule has 3 aromatic carbocycles. The highest BCUT2D eigenvalue weighted by Gasteiger charge is 2.24. The normalized spacial score (nSPS) is 11.1. The number of halogens is 1. The SMILES string of the molecule is CCc1ccc(NC(=O)c2cccc(S(=O)(=O)N(C)c3ccccc3F)c2)cc1. The van der Waals surface area contributed by atoms with E-state index >= 15 is 0 Å². The molecule has 0 spiro atoms. The molecule has 0 aliphatic carbocycles. The van der Waals surface area contributed by atoms with Gasteiger partial charge in [-0.1, -0.05) is 37.3 Å². The number of anilines is 2. The zero-order chi connectivity index (χ0) is 21.0. The number of sulfonamides is 1. The average molecular weight is 412 g/mol. The fraction of sp³-hybridized carbons (Fsp3) is 0.136. The zero-order valence-electron chi connectivity index (χ0n) is 16.1. The molecule has 0 fully saturated rings. The molecule has 0 heterocycles. The Kier molecular flexibility index (Phi) is 5.98. The highest BCUT2D eigenvalue weighted by atomic mass is 32.2. The number of carbonyl (C=O) groups excluding carboxylic acids is 1. The lowest BCUT2D eigenvalue weighted by Gasteiger charge is -2.20. The second kappa shape index (κ2) is 8.45. The van der Waals surface area contributed by atoms with Crippen molar-refractivity contribution in [1.82, 2.24) is 0 Å². The molecule has 7 heteroatoms. The molecule has 3 aromatic rings. The van der Waals surface area contributed by atoms with E-state index in [2.05, 4.69) is 5.32 Å². The molecule has 0 bridgehead atoms. The summed E-state index contributed by atoms with van der Waals surface area (Å²) in [5, 5.41) is 2.75. The first kappa shape index (κ1) is 20.5. The minimum atomic E-state index is -4.04. The van der Waals surface area contributed by atoms with E-state index in [4.69, 9.17) is 0 Å². The molecule has 150 valence electrons. The Hall–Kier alpha value is -3.19. The van der Waals surface area contributed by atoms with E-state index in [1.807, 2.05) is 19.1 Å². The maximum absolute atomic E-state index is 14.0. The molecule has 0 aliphatic rings. The predicted molar refractivity (Wildman–Crippen MR) is 112 cm³/mol. The van der Waals surface area contributed by atoms with Gasteiger partial charge in [-0.05, 0) is 54.4 Å². The highest BCUT2D eigenvalue weighted by molar-refractivity contribution is 7.92. The lowest BCUT2D eigenvalue weighted by molar-refractivity contribution is 0.102. The largest absolute Gasteiger partial charge is 0.322 e. The number of aryl methyl sites for hydroxylation is 1. The molecule has 0 saturated carbocycles. The summed E-state index contributed by atoms with van der Waals surface area (Å²) < 4.78 is 40.7. The Labute approximate surface area is 169 Å². The van der Waals surface area contributed by atoms with Gasteiger partial charge in [-0.25, -0.2) is 12.8 Å². The van der Waals surface area contributed by atoms with Gasteiger partial charge in [0, 0.05) is 18.3 Å². The van der Waals surface area contributed by atoms with Crippen molar-refractivity contribution in [3.8, 4) is 0 Å². The van der Waals surface area contributed by atoms with Crippen LogP contribution in [-0.4, -0.2) is 21.4 Å². The van der Waals surface area contributed by atoms with Gasteiger partial charge in [-0.2, -0.15) is 0 Å². The van der Waals surface area contributed by atoms with Gasteiger partial charge < -0.3 is 5.32 Å². The molecular weight excluding hydrogens is 391 g/mol. The fourth-order valence-electron chi connectivity index (χ4n) is 2.82. The quantitative estimate of drug-likeness (QED) is 0.650. The first-order valence-electron chi connectivity index (χ1n) is 9.06. The van der Waals surface area contributed by atoms with E-state index in [0.29, 0.717) is 5.69 Å². The maximum atomic E-state index is 14.0. The van der Waals surface area contributed by atoms with E-state index in [1.54, 1.807) is 18.2 Å². The van der Waals surface area contributed by atoms with E-state index in [9.17, 15) is 17.6 Å². The van der Waals surface area contributed by atoms with Crippen molar-refractivity contribution in [1.29, 1.82) is 0 Å². The topological polar surface area (TPSA) is 66.5 Å². The van der Waals surface area contributed by atoms with E-state index < -0.39 is 21.7 Å². The number of hydrogen-bond acceptors (Lipinski definition) is 3. The lowest BCUT2D eigenvalue weighted by atomic mass is 10.1. The van der Waals surface area contributed by atoms with E-state index in [1.165, 1.54) is 49.5 Å². The van der Waals surface area contributed by atoms with Crippen LogP contribution in [0.4, 0.5) is 15.8 Å². The molecule has 5 nitrogen and oxygen atoms in total. The Balaban J connectivity index is 1.86. The Morgan fingerprint density at radius 2 is 1.69 bits per heavy atom. The molecule has 1 N–H and O–H groups in total. The number of nitrogens with one attached hydrogen (secondary N) is 1. The van der Waals surface area contributed by atoms with Crippen LogP contribution >= 0.6 is 0 Å². The summed E-state index contributed by atoms with van der Waals surface area (Å²) >= 11 is 0. The van der Waals surface area contributed by atoms with Gasteiger partial charge in [0.15, 0.2) is 0 Å². The van der Waals surface area contributed by atoms with Crippen molar-refractivity contribution >= 4 is 27.3 Å². The maximum Gasteiger partial charge on any atom is 0.264 e. The standard InChI is InChI=1S/C22H21FN2O3S/c1-3-16-11-13-18(14-12-16)24-22(26)17-7-6-8-19(15-17)29(27,28)25(2)21-10-5-4-9-20(21)23/h4-15H,3H2,1-2H3,(H,24,26). The molecule has 3 rings (SSSR count). The minimum Gasteiger partial charge on any atom is -0.322 e. The van der Waals surface area contributed by atoms with Crippen LogP contribution < -0.4 is 9.62 Å².